The normalized spacial score (nSPS) is 23.3. The Kier molecular flexibility index (Phi) is 3.52. The minimum Gasteiger partial charge on any atom is -0.460 e. The van der Waals surface area contributed by atoms with E-state index >= 15 is 0 Å². The van der Waals surface area contributed by atoms with Gasteiger partial charge in [0.25, 0.3) is 0 Å². The summed E-state index contributed by atoms with van der Waals surface area (Å²) in [6, 6.07) is 0. The average molecular weight is 267 g/mol. The minimum atomic E-state index is -0.445. The van der Waals surface area contributed by atoms with Crippen LogP contribution in [0.4, 0.5) is 0 Å². The lowest BCUT2D eigenvalue weighted by molar-refractivity contribution is -0.0998. The Balaban J connectivity index is 1.85. The highest BCUT2D eigenvalue weighted by molar-refractivity contribution is 5.87. The van der Waals surface area contributed by atoms with Gasteiger partial charge >= 0.3 is 5.97 Å². The fraction of sp³-hybridized carbons (Fsp3) is 0.692. The molecular weight excluding hydrogens is 250 g/mol. The fourth-order valence-corrected chi connectivity index (χ4v) is 2.09. The fourth-order valence-electron chi connectivity index (χ4n) is 2.09. The topological polar surface area (TPSA) is 70.8 Å². The molecule has 1 aromatic rings. The number of esters is 1. The Bertz CT molecular complexity index is 460. The molecule has 0 spiro atoms. The summed E-state index contributed by atoms with van der Waals surface area (Å²) in [6.45, 7) is 3.59. The molecule has 2 fully saturated rings. The van der Waals surface area contributed by atoms with Crippen LogP contribution in [0.25, 0.3) is 0 Å². The van der Waals surface area contributed by atoms with Crippen LogP contribution in [0.2, 0.25) is 0 Å². The first kappa shape index (κ1) is 12.6. The molecular formula is C13H17NO5. The smallest absolute Gasteiger partial charge is 0.376 e. The van der Waals surface area contributed by atoms with Crippen LogP contribution in [0.3, 0.4) is 0 Å². The van der Waals surface area contributed by atoms with Crippen molar-refractivity contribution < 1.29 is 23.4 Å². The third-order valence-corrected chi connectivity index (χ3v) is 3.19. The second kappa shape index (κ2) is 5.30. The van der Waals surface area contributed by atoms with Crippen molar-refractivity contribution in [1.82, 2.24) is 4.98 Å². The Morgan fingerprint density at radius 1 is 1.42 bits per heavy atom. The molecule has 1 saturated carbocycles. The highest BCUT2D eigenvalue weighted by Gasteiger charge is 2.36. The second-order valence-electron chi connectivity index (χ2n) is 4.70. The number of aromatic nitrogens is 1. The summed E-state index contributed by atoms with van der Waals surface area (Å²) in [6.07, 6.45) is 1.76. The van der Waals surface area contributed by atoms with E-state index < -0.39 is 5.97 Å². The minimum absolute atomic E-state index is 0.230. The van der Waals surface area contributed by atoms with Crippen molar-refractivity contribution in [3.63, 3.8) is 0 Å². The maximum absolute atomic E-state index is 11.9. The molecule has 0 aromatic carbocycles. The standard InChI is InChI=1S/C13H17NO5/c1-2-17-13(15)11-10(8-3-4-8)14-12(19-11)9-7-16-5-6-18-9/h8-9H,2-7H2,1H3. The number of oxazole rings is 1. The number of hydrogen-bond acceptors (Lipinski definition) is 6. The summed E-state index contributed by atoms with van der Waals surface area (Å²) in [4.78, 5) is 16.3. The van der Waals surface area contributed by atoms with E-state index in [0.717, 1.165) is 12.8 Å². The summed E-state index contributed by atoms with van der Waals surface area (Å²) >= 11 is 0. The predicted molar refractivity (Wildman–Crippen MR) is 63.9 cm³/mol. The molecule has 6 nitrogen and oxygen atoms in total. The first-order valence-corrected chi connectivity index (χ1v) is 6.66. The molecule has 1 aromatic heterocycles. The van der Waals surface area contributed by atoms with Crippen LogP contribution in [0.15, 0.2) is 4.42 Å². The van der Waals surface area contributed by atoms with Crippen LogP contribution in [-0.2, 0) is 14.2 Å². The summed E-state index contributed by atoms with van der Waals surface area (Å²) in [7, 11) is 0. The van der Waals surface area contributed by atoms with Crippen LogP contribution in [0.1, 0.15) is 53.9 Å². The van der Waals surface area contributed by atoms with Gasteiger partial charge in [-0.05, 0) is 19.8 Å². The van der Waals surface area contributed by atoms with E-state index in [9.17, 15) is 4.79 Å². The van der Waals surface area contributed by atoms with Crippen molar-refractivity contribution in [2.24, 2.45) is 0 Å². The number of nitrogens with zero attached hydrogens (tertiary/aromatic N) is 1. The molecule has 0 bridgehead atoms. The summed E-state index contributed by atoms with van der Waals surface area (Å²) in [5, 5.41) is 0. The molecule has 2 heterocycles. The molecule has 1 aliphatic heterocycles. The van der Waals surface area contributed by atoms with E-state index in [-0.39, 0.29) is 11.9 Å². The van der Waals surface area contributed by atoms with Gasteiger partial charge < -0.3 is 18.6 Å². The van der Waals surface area contributed by atoms with Gasteiger partial charge in [-0.25, -0.2) is 9.78 Å². The number of hydrogen-bond donors (Lipinski definition) is 0. The lowest BCUT2D eigenvalue weighted by Gasteiger charge is -2.19. The van der Waals surface area contributed by atoms with Gasteiger partial charge in [-0.1, -0.05) is 0 Å². The van der Waals surface area contributed by atoms with Gasteiger partial charge in [-0.15, -0.1) is 0 Å². The molecule has 1 aliphatic carbocycles. The summed E-state index contributed by atoms with van der Waals surface area (Å²) in [5.74, 6) is 0.527. The molecule has 1 saturated heterocycles. The van der Waals surface area contributed by atoms with Gasteiger partial charge in [0.15, 0.2) is 6.10 Å². The zero-order valence-corrected chi connectivity index (χ0v) is 10.9. The Morgan fingerprint density at radius 3 is 2.89 bits per heavy atom. The van der Waals surface area contributed by atoms with E-state index in [2.05, 4.69) is 4.98 Å². The quantitative estimate of drug-likeness (QED) is 0.775. The van der Waals surface area contributed by atoms with Crippen molar-refractivity contribution >= 4 is 5.97 Å². The van der Waals surface area contributed by atoms with Crippen LogP contribution in [0.5, 0.6) is 0 Å². The molecule has 0 N–H and O–H groups in total. The number of carbonyl (C=O) groups excluding carboxylic acids is 1. The van der Waals surface area contributed by atoms with Crippen LogP contribution in [-0.4, -0.2) is 37.4 Å². The van der Waals surface area contributed by atoms with Gasteiger partial charge in [0, 0.05) is 5.92 Å². The van der Waals surface area contributed by atoms with Gasteiger partial charge in [-0.2, -0.15) is 0 Å². The third kappa shape index (κ3) is 2.64. The second-order valence-corrected chi connectivity index (χ2v) is 4.70. The lowest BCUT2D eigenvalue weighted by atomic mass is 10.2. The van der Waals surface area contributed by atoms with Crippen molar-refractivity contribution in [1.29, 1.82) is 0 Å². The van der Waals surface area contributed by atoms with Crippen LogP contribution < -0.4 is 0 Å². The first-order valence-electron chi connectivity index (χ1n) is 6.66. The monoisotopic (exact) mass is 267 g/mol. The maximum atomic E-state index is 11.9. The zero-order valence-electron chi connectivity index (χ0n) is 10.9. The highest BCUT2D eigenvalue weighted by Crippen LogP contribution is 2.42. The summed E-state index contributed by atoms with van der Waals surface area (Å²) < 4.78 is 21.4. The Labute approximate surface area is 111 Å². The number of rotatable bonds is 4. The first-order chi connectivity index (χ1) is 9.29. The molecule has 1 atom stereocenters. The van der Waals surface area contributed by atoms with Crippen molar-refractivity contribution in [2.45, 2.75) is 31.8 Å². The van der Waals surface area contributed by atoms with Crippen molar-refractivity contribution in [3.8, 4) is 0 Å². The Hall–Kier alpha value is -1.40. The van der Waals surface area contributed by atoms with E-state index in [1.807, 2.05) is 0 Å². The predicted octanol–water partition coefficient (Wildman–Crippen LogP) is 1.82. The molecule has 19 heavy (non-hydrogen) atoms. The molecule has 104 valence electrons. The molecule has 1 unspecified atom stereocenters. The third-order valence-electron chi connectivity index (χ3n) is 3.19. The van der Waals surface area contributed by atoms with Crippen molar-refractivity contribution in [3.05, 3.63) is 17.3 Å². The van der Waals surface area contributed by atoms with Gasteiger partial charge in [0.05, 0.1) is 32.1 Å². The summed E-state index contributed by atoms with van der Waals surface area (Å²) in [5.41, 5.74) is 0.711. The molecule has 6 heteroatoms. The van der Waals surface area contributed by atoms with Crippen LogP contribution in [0, 0.1) is 0 Å². The SMILES string of the molecule is CCOC(=O)c1oc(C2COCCO2)nc1C1CC1. The molecule has 3 rings (SSSR count). The van der Waals surface area contributed by atoms with E-state index in [0.29, 0.717) is 43.9 Å². The zero-order chi connectivity index (χ0) is 13.2. The van der Waals surface area contributed by atoms with Crippen LogP contribution >= 0.6 is 0 Å². The average Bonchev–Trinajstić information content (AvgIpc) is 3.19. The molecule has 2 aliphatic rings. The largest absolute Gasteiger partial charge is 0.460 e. The molecule has 0 radical (unpaired) electrons. The number of ether oxygens (including phenoxy) is 3. The van der Waals surface area contributed by atoms with E-state index in [1.165, 1.54) is 0 Å². The van der Waals surface area contributed by atoms with Gasteiger partial charge in [0.2, 0.25) is 11.7 Å². The number of carbonyl (C=O) groups is 1. The Morgan fingerprint density at radius 2 is 2.26 bits per heavy atom. The highest BCUT2D eigenvalue weighted by atomic mass is 16.6. The van der Waals surface area contributed by atoms with Gasteiger partial charge in [-0.3, -0.25) is 0 Å². The molecule has 0 amide bonds. The van der Waals surface area contributed by atoms with E-state index in [1.54, 1.807) is 6.92 Å². The van der Waals surface area contributed by atoms with Crippen molar-refractivity contribution in [2.75, 3.05) is 26.4 Å². The van der Waals surface area contributed by atoms with E-state index in [4.69, 9.17) is 18.6 Å². The lowest BCUT2D eigenvalue weighted by Crippen LogP contribution is -2.22. The maximum Gasteiger partial charge on any atom is 0.376 e. The van der Waals surface area contributed by atoms with Gasteiger partial charge in [0.1, 0.15) is 0 Å².